The van der Waals surface area contributed by atoms with E-state index in [-0.39, 0.29) is 5.92 Å². The molecule has 4 nitrogen and oxygen atoms in total. The van der Waals surface area contributed by atoms with E-state index in [1.54, 1.807) is 0 Å². The number of nitrogens with one attached hydrogen (secondary N) is 1. The maximum absolute atomic E-state index is 6.01. The zero-order valence-corrected chi connectivity index (χ0v) is 13.3. The highest BCUT2D eigenvalue weighted by Crippen LogP contribution is 2.29. The lowest BCUT2D eigenvalue weighted by Crippen LogP contribution is -2.15. The average molecular weight is 287 g/mol. The predicted octanol–water partition coefficient (Wildman–Crippen LogP) is 3.33. The summed E-state index contributed by atoms with van der Waals surface area (Å²) >= 11 is 0. The van der Waals surface area contributed by atoms with Crippen LogP contribution in [-0.4, -0.2) is 23.3 Å². The summed E-state index contributed by atoms with van der Waals surface area (Å²) in [7, 11) is 0. The highest BCUT2D eigenvalue weighted by Gasteiger charge is 2.18. The third-order valence-electron chi connectivity index (χ3n) is 3.75. The molecule has 114 valence electrons. The monoisotopic (exact) mass is 287 g/mol. The highest BCUT2D eigenvalue weighted by atomic mass is 16.5. The van der Waals surface area contributed by atoms with Crippen LogP contribution in [0.2, 0.25) is 0 Å². The van der Waals surface area contributed by atoms with Gasteiger partial charge in [-0.05, 0) is 49.1 Å². The Balaban J connectivity index is 2.32. The lowest BCUT2D eigenvalue weighted by Gasteiger charge is -2.17. The fraction of sp³-hybridized carbons (Fsp3) is 0.471. The molecule has 3 N–H and O–H groups in total. The Morgan fingerprint density at radius 3 is 2.57 bits per heavy atom. The first-order chi connectivity index (χ1) is 10.1. The van der Waals surface area contributed by atoms with E-state index in [1.165, 1.54) is 11.1 Å². The van der Waals surface area contributed by atoms with Gasteiger partial charge in [0.1, 0.15) is 5.75 Å². The van der Waals surface area contributed by atoms with Gasteiger partial charge < -0.3 is 10.5 Å². The zero-order valence-electron chi connectivity index (χ0n) is 13.3. The lowest BCUT2D eigenvalue weighted by atomic mass is 9.91. The molecule has 1 aromatic carbocycles. The Morgan fingerprint density at radius 1 is 1.29 bits per heavy atom. The summed E-state index contributed by atoms with van der Waals surface area (Å²) < 4.78 is 5.54. The van der Waals surface area contributed by atoms with E-state index in [1.807, 2.05) is 13.0 Å². The summed E-state index contributed by atoms with van der Waals surface area (Å²) in [5.41, 5.74) is 10.6. The minimum Gasteiger partial charge on any atom is -0.494 e. The average Bonchev–Trinajstić information content (AvgIpc) is 2.92. The fourth-order valence-electron chi connectivity index (χ4n) is 2.54. The van der Waals surface area contributed by atoms with Crippen molar-refractivity contribution in [3.05, 3.63) is 46.8 Å². The maximum Gasteiger partial charge on any atom is 0.119 e. The molecule has 0 spiro atoms. The van der Waals surface area contributed by atoms with Gasteiger partial charge in [0.15, 0.2) is 0 Å². The van der Waals surface area contributed by atoms with Crippen molar-refractivity contribution in [2.24, 2.45) is 5.73 Å². The van der Waals surface area contributed by atoms with E-state index in [0.29, 0.717) is 19.1 Å². The van der Waals surface area contributed by atoms with Crippen molar-refractivity contribution in [2.45, 2.75) is 39.5 Å². The topological polar surface area (TPSA) is 63.9 Å². The third-order valence-corrected chi connectivity index (χ3v) is 3.75. The van der Waals surface area contributed by atoms with Gasteiger partial charge in [-0.1, -0.05) is 19.9 Å². The summed E-state index contributed by atoms with van der Waals surface area (Å²) in [4.78, 5) is 0. The molecule has 1 heterocycles. The van der Waals surface area contributed by atoms with Gasteiger partial charge >= 0.3 is 0 Å². The minimum atomic E-state index is 0.140. The van der Waals surface area contributed by atoms with Crippen LogP contribution in [0.25, 0.3) is 0 Å². The van der Waals surface area contributed by atoms with E-state index in [4.69, 9.17) is 10.5 Å². The number of hydrogen-bond acceptors (Lipinski definition) is 3. The smallest absolute Gasteiger partial charge is 0.119 e. The Bertz CT molecular complexity index is 589. The summed E-state index contributed by atoms with van der Waals surface area (Å²) in [5, 5.41) is 7.52. The van der Waals surface area contributed by atoms with E-state index >= 15 is 0 Å². The summed E-state index contributed by atoms with van der Waals surface area (Å²) in [5.74, 6) is 1.46. The molecule has 0 saturated carbocycles. The molecule has 1 aromatic heterocycles. The first-order valence-corrected chi connectivity index (χ1v) is 7.55. The number of aryl methyl sites for hydroxylation is 1. The van der Waals surface area contributed by atoms with E-state index in [0.717, 1.165) is 17.1 Å². The second kappa shape index (κ2) is 6.76. The second-order valence-electron chi connectivity index (χ2n) is 5.64. The molecular weight excluding hydrogens is 262 g/mol. The minimum absolute atomic E-state index is 0.140. The zero-order chi connectivity index (χ0) is 15.4. The number of hydrogen-bond donors (Lipinski definition) is 2. The molecule has 1 unspecified atom stereocenters. The van der Waals surface area contributed by atoms with Gasteiger partial charge in [-0.2, -0.15) is 5.10 Å². The van der Waals surface area contributed by atoms with E-state index in [9.17, 15) is 0 Å². The second-order valence-corrected chi connectivity index (χ2v) is 5.64. The molecular formula is C17H25N3O. The first-order valence-electron chi connectivity index (χ1n) is 7.55. The van der Waals surface area contributed by atoms with Crippen LogP contribution in [0.4, 0.5) is 0 Å². The van der Waals surface area contributed by atoms with Gasteiger partial charge in [-0.15, -0.1) is 0 Å². The lowest BCUT2D eigenvalue weighted by molar-refractivity contribution is 0.340. The number of ether oxygens (including phenoxy) is 1. The summed E-state index contributed by atoms with van der Waals surface area (Å²) in [6.45, 7) is 9.59. The number of benzene rings is 1. The Hall–Kier alpha value is -1.81. The van der Waals surface area contributed by atoms with Crippen molar-refractivity contribution in [1.82, 2.24) is 10.2 Å². The number of nitrogens with two attached hydrogens (primary N) is 1. The van der Waals surface area contributed by atoms with Crippen molar-refractivity contribution in [3.8, 4) is 5.75 Å². The molecule has 0 saturated heterocycles. The van der Waals surface area contributed by atoms with Gasteiger partial charge in [-0.3, -0.25) is 5.10 Å². The summed E-state index contributed by atoms with van der Waals surface area (Å²) in [6.07, 6.45) is 0. The van der Waals surface area contributed by atoms with Crippen LogP contribution in [-0.2, 0) is 0 Å². The largest absolute Gasteiger partial charge is 0.494 e. The quantitative estimate of drug-likeness (QED) is 0.856. The molecule has 0 aliphatic carbocycles. The standard InChI is InChI=1S/C17H25N3O/c1-5-21-13-6-7-14(12(4)8-13)15(10-18)17-9-16(11(2)3)19-20-17/h6-9,11,15H,5,10,18H2,1-4H3,(H,19,20). The van der Waals surface area contributed by atoms with E-state index < -0.39 is 0 Å². The van der Waals surface area contributed by atoms with Gasteiger partial charge in [0.05, 0.1) is 12.3 Å². The van der Waals surface area contributed by atoms with Gasteiger partial charge in [0.2, 0.25) is 0 Å². The van der Waals surface area contributed by atoms with Crippen molar-refractivity contribution < 1.29 is 4.74 Å². The van der Waals surface area contributed by atoms with Crippen LogP contribution in [0.15, 0.2) is 24.3 Å². The van der Waals surface area contributed by atoms with Crippen molar-refractivity contribution in [2.75, 3.05) is 13.2 Å². The summed E-state index contributed by atoms with van der Waals surface area (Å²) in [6, 6.07) is 8.31. The fourth-order valence-corrected chi connectivity index (χ4v) is 2.54. The first kappa shape index (κ1) is 15.6. The molecule has 0 fully saturated rings. The molecule has 2 aromatic rings. The predicted molar refractivity (Wildman–Crippen MR) is 85.9 cm³/mol. The third kappa shape index (κ3) is 3.45. The Morgan fingerprint density at radius 2 is 2.05 bits per heavy atom. The molecule has 0 radical (unpaired) electrons. The van der Waals surface area contributed by atoms with Crippen LogP contribution >= 0.6 is 0 Å². The normalized spacial score (nSPS) is 12.7. The van der Waals surface area contributed by atoms with Crippen LogP contribution < -0.4 is 10.5 Å². The number of H-pyrrole nitrogens is 1. The molecule has 1 atom stereocenters. The van der Waals surface area contributed by atoms with Gasteiger partial charge in [0.25, 0.3) is 0 Å². The molecule has 0 aliphatic rings. The van der Waals surface area contributed by atoms with Crippen LogP contribution in [0, 0.1) is 6.92 Å². The van der Waals surface area contributed by atoms with Crippen molar-refractivity contribution in [1.29, 1.82) is 0 Å². The number of aromatic nitrogens is 2. The molecule has 0 aliphatic heterocycles. The molecule has 21 heavy (non-hydrogen) atoms. The SMILES string of the molecule is CCOc1ccc(C(CN)c2cc(C(C)C)n[nH]2)c(C)c1. The molecule has 0 amide bonds. The van der Waals surface area contributed by atoms with Crippen molar-refractivity contribution in [3.63, 3.8) is 0 Å². The Kier molecular flexibility index (Phi) is 5.02. The Labute approximate surface area is 126 Å². The number of rotatable bonds is 6. The van der Waals surface area contributed by atoms with Crippen molar-refractivity contribution >= 4 is 0 Å². The van der Waals surface area contributed by atoms with Crippen LogP contribution in [0.5, 0.6) is 5.75 Å². The van der Waals surface area contributed by atoms with E-state index in [2.05, 4.69) is 49.2 Å². The highest BCUT2D eigenvalue weighted by molar-refractivity contribution is 5.40. The van der Waals surface area contributed by atoms with Crippen LogP contribution in [0.1, 0.15) is 55.1 Å². The molecule has 4 heteroatoms. The maximum atomic E-state index is 6.01. The molecule has 2 rings (SSSR count). The van der Waals surface area contributed by atoms with Gasteiger partial charge in [0, 0.05) is 18.2 Å². The number of nitrogens with zero attached hydrogens (tertiary/aromatic N) is 1. The van der Waals surface area contributed by atoms with Gasteiger partial charge in [-0.25, -0.2) is 0 Å². The molecule has 0 bridgehead atoms. The number of aromatic amines is 1. The van der Waals surface area contributed by atoms with Crippen LogP contribution in [0.3, 0.4) is 0 Å².